The summed E-state index contributed by atoms with van der Waals surface area (Å²) in [4.78, 5) is 17.0. The number of anilines is 2. The topological polar surface area (TPSA) is 69.0 Å². The Labute approximate surface area is 178 Å². The van der Waals surface area contributed by atoms with Gasteiger partial charge in [-0.05, 0) is 56.4 Å². The number of benzene rings is 1. The highest BCUT2D eigenvalue weighted by Gasteiger charge is 2.20. The Kier molecular flexibility index (Phi) is 6.25. The molecule has 0 atom stereocenters. The smallest absolute Gasteiger partial charge is 0.341 e. The zero-order valence-electron chi connectivity index (χ0n) is 18.6. The van der Waals surface area contributed by atoms with Gasteiger partial charge in [-0.25, -0.2) is 14.5 Å². The molecule has 1 N–H and O–H groups in total. The summed E-state index contributed by atoms with van der Waals surface area (Å²) < 4.78 is 7.09. The van der Waals surface area contributed by atoms with E-state index in [0.717, 1.165) is 34.9 Å². The van der Waals surface area contributed by atoms with E-state index in [2.05, 4.69) is 44.1 Å². The van der Waals surface area contributed by atoms with Gasteiger partial charge in [0.05, 0.1) is 18.0 Å². The molecule has 1 aromatic carbocycles. The molecular weight excluding hydrogens is 376 g/mol. The molecule has 0 spiro atoms. The summed E-state index contributed by atoms with van der Waals surface area (Å²) in [5.74, 6) is 0.821. The van der Waals surface area contributed by atoms with Crippen LogP contribution in [0.5, 0.6) is 0 Å². The summed E-state index contributed by atoms with van der Waals surface area (Å²) in [6.45, 7) is 12.6. The number of carbonyl (C=O) groups is 1. The summed E-state index contributed by atoms with van der Waals surface area (Å²) in [7, 11) is 0. The molecular formula is C24H30N4O2. The quantitative estimate of drug-likeness (QED) is 0.556. The summed E-state index contributed by atoms with van der Waals surface area (Å²) >= 11 is 0. The molecule has 0 saturated heterocycles. The molecule has 6 nitrogen and oxygen atoms in total. The lowest BCUT2D eigenvalue weighted by atomic mass is 9.91. The number of para-hydroxylation sites is 1. The van der Waals surface area contributed by atoms with Crippen LogP contribution in [0.1, 0.15) is 55.0 Å². The van der Waals surface area contributed by atoms with E-state index in [1.807, 2.05) is 35.9 Å². The number of pyridine rings is 1. The van der Waals surface area contributed by atoms with Gasteiger partial charge in [-0.3, -0.25) is 0 Å². The lowest BCUT2D eigenvalue weighted by Crippen LogP contribution is -2.12. The minimum absolute atomic E-state index is 0.0971. The van der Waals surface area contributed by atoms with E-state index in [1.54, 1.807) is 19.1 Å². The first-order chi connectivity index (χ1) is 14.2. The van der Waals surface area contributed by atoms with Crippen molar-refractivity contribution in [1.29, 1.82) is 0 Å². The molecule has 2 heterocycles. The first-order valence-corrected chi connectivity index (χ1v) is 10.2. The lowest BCUT2D eigenvalue weighted by molar-refractivity contribution is 0.0527. The third-order valence-corrected chi connectivity index (χ3v) is 4.59. The summed E-state index contributed by atoms with van der Waals surface area (Å²) in [5.41, 5.74) is 4.36. The SMILES string of the molecule is CCOC(=O)c1ccc(C)nc1Nc1cc(CC(C)(C)C)nn1-c1ccccc1C. The Morgan fingerprint density at radius 2 is 1.87 bits per heavy atom. The molecule has 0 unspecified atom stereocenters. The monoisotopic (exact) mass is 406 g/mol. The van der Waals surface area contributed by atoms with Gasteiger partial charge in [0.2, 0.25) is 0 Å². The first kappa shape index (κ1) is 21.6. The number of rotatable bonds is 6. The van der Waals surface area contributed by atoms with E-state index in [4.69, 9.17) is 9.84 Å². The Morgan fingerprint density at radius 1 is 1.13 bits per heavy atom. The van der Waals surface area contributed by atoms with Crippen LogP contribution in [-0.4, -0.2) is 27.3 Å². The fraction of sp³-hybridized carbons (Fsp3) is 0.375. The average Bonchev–Trinajstić information content (AvgIpc) is 3.02. The van der Waals surface area contributed by atoms with Gasteiger partial charge >= 0.3 is 5.97 Å². The van der Waals surface area contributed by atoms with E-state index in [0.29, 0.717) is 18.0 Å². The molecule has 0 fully saturated rings. The van der Waals surface area contributed by atoms with Crippen molar-refractivity contribution in [3.8, 4) is 5.69 Å². The van der Waals surface area contributed by atoms with Gasteiger partial charge in [0.25, 0.3) is 0 Å². The molecule has 3 rings (SSSR count). The van der Waals surface area contributed by atoms with Gasteiger partial charge in [0.1, 0.15) is 17.2 Å². The maximum atomic E-state index is 12.4. The van der Waals surface area contributed by atoms with E-state index in [-0.39, 0.29) is 5.41 Å². The van der Waals surface area contributed by atoms with E-state index < -0.39 is 5.97 Å². The lowest BCUT2D eigenvalue weighted by Gasteiger charge is -2.15. The summed E-state index contributed by atoms with van der Waals surface area (Å²) in [6, 6.07) is 13.7. The van der Waals surface area contributed by atoms with Gasteiger partial charge < -0.3 is 10.1 Å². The standard InChI is InChI=1S/C24H30N4O2/c1-7-30-23(29)19-13-12-17(3)25-22(19)26-21-14-18(15-24(4,5)6)27-28(21)20-11-9-8-10-16(20)2/h8-14H,7,15H2,1-6H3,(H,25,26). The van der Waals surface area contributed by atoms with E-state index in [9.17, 15) is 4.79 Å². The van der Waals surface area contributed by atoms with Crippen LogP contribution in [0.25, 0.3) is 5.69 Å². The number of aromatic nitrogens is 3. The van der Waals surface area contributed by atoms with Gasteiger partial charge in [-0.2, -0.15) is 5.10 Å². The number of esters is 1. The van der Waals surface area contributed by atoms with Crippen LogP contribution in [-0.2, 0) is 11.2 Å². The molecule has 0 aliphatic heterocycles. The van der Waals surface area contributed by atoms with Crippen molar-refractivity contribution in [3.63, 3.8) is 0 Å². The number of carbonyl (C=O) groups excluding carboxylic acids is 1. The van der Waals surface area contributed by atoms with Crippen LogP contribution in [0.2, 0.25) is 0 Å². The van der Waals surface area contributed by atoms with Gasteiger partial charge in [0, 0.05) is 11.8 Å². The molecule has 0 radical (unpaired) electrons. The van der Waals surface area contributed by atoms with Crippen molar-refractivity contribution in [3.05, 3.63) is 65.0 Å². The number of nitrogens with one attached hydrogen (secondary N) is 1. The molecule has 6 heteroatoms. The fourth-order valence-electron chi connectivity index (χ4n) is 3.28. The van der Waals surface area contributed by atoms with Gasteiger partial charge in [-0.15, -0.1) is 0 Å². The van der Waals surface area contributed by atoms with Crippen LogP contribution < -0.4 is 5.32 Å². The molecule has 2 aromatic heterocycles. The zero-order valence-corrected chi connectivity index (χ0v) is 18.6. The number of aryl methyl sites for hydroxylation is 2. The second-order valence-corrected chi connectivity index (χ2v) is 8.65. The summed E-state index contributed by atoms with van der Waals surface area (Å²) in [5, 5.41) is 8.21. The summed E-state index contributed by atoms with van der Waals surface area (Å²) in [6.07, 6.45) is 0.826. The molecule has 0 saturated carbocycles. The predicted molar refractivity (Wildman–Crippen MR) is 120 cm³/mol. The highest BCUT2D eigenvalue weighted by atomic mass is 16.5. The van der Waals surface area contributed by atoms with Crippen LogP contribution in [0, 0.1) is 19.3 Å². The van der Waals surface area contributed by atoms with Crippen LogP contribution in [0.15, 0.2) is 42.5 Å². The van der Waals surface area contributed by atoms with E-state index >= 15 is 0 Å². The molecule has 158 valence electrons. The largest absolute Gasteiger partial charge is 0.462 e. The molecule has 0 aliphatic rings. The van der Waals surface area contributed by atoms with Crippen molar-refractivity contribution in [1.82, 2.24) is 14.8 Å². The number of ether oxygens (including phenoxy) is 1. The van der Waals surface area contributed by atoms with E-state index in [1.165, 1.54) is 0 Å². The Bertz CT molecular complexity index is 1050. The third kappa shape index (κ3) is 5.06. The van der Waals surface area contributed by atoms with Crippen molar-refractivity contribution in [2.75, 3.05) is 11.9 Å². The first-order valence-electron chi connectivity index (χ1n) is 10.2. The maximum Gasteiger partial charge on any atom is 0.341 e. The van der Waals surface area contributed by atoms with Crippen molar-refractivity contribution in [2.45, 2.75) is 48.0 Å². The van der Waals surface area contributed by atoms with Crippen LogP contribution in [0.3, 0.4) is 0 Å². The second kappa shape index (κ2) is 8.69. The number of hydrogen-bond acceptors (Lipinski definition) is 5. The third-order valence-electron chi connectivity index (χ3n) is 4.59. The second-order valence-electron chi connectivity index (χ2n) is 8.65. The Hall–Kier alpha value is -3.15. The molecule has 3 aromatic rings. The molecule has 30 heavy (non-hydrogen) atoms. The minimum atomic E-state index is -0.399. The highest BCUT2D eigenvalue weighted by molar-refractivity contribution is 5.95. The fourth-order valence-corrected chi connectivity index (χ4v) is 3.28. The molecule has 0 aliphatic carbocycles. The number of hydrogen-bond donors (Lipinski definition) is 1. The van der Waals surface area contributed by atoms with Gasteiger partial charge in [0.15, 0.2) is 0 Å². The van der Waals surface area contributed by atoms with Crippen molar-refractivity contribution < 1.29 is 9.53 Å². The average molecular weight is 407 g/mol. The Morgan fingerprint density at radius 3 is 2.53 bits per heavy atom. The maximum absolute atomic E-state index is 12.4. The Balaban J connectivity index is 2.09. The van der Waals surface area contributed by atoms with Crippen molar-refractivity contribution >= 4 is 17.6 Å². The van der Waals surface area contributed by atoms with Crippen molar-refractivity contribution in [2.24, 2.45) is 5.41 Å². The van der Waals surface area contributed by atoms with Gasteiger partial charge in [-0.1, -0.05) is 39.0 Å². The molecule has 0 bridgehead atoms. The highest BCUT2D eigenvalue weighted by Crippen LogP contribution is 2.28. The normalized spacial score (nSPS) is 11.4. The zero-order chi connectivity index (χ0) is 21.9. The van der Waals surface area contributed by atoms with Crippen LogP contribution in [0.4, 0.5) is 11.6 Å². The minimum Gasteiger partial charge on any atom is -0.462 e. The molecule has 0 amide bonds. The predicted octanol–water partition coefficient (Wildman–Crippen LogP) is 5.39. The number of nitrogens with zero attached hydrogens (tertiary/aromatic N) is 3. The van der Waals surface area contributed by atoms with Crippen LogP contribution >= 0.6 is 0 Å².